The number of allylic oxidation sites excluding steroid dienone is 1. The van der Waals surface area contributed by atoms with Crippen molar-refractivity contribution < 1.29 is 31.1 Å². The fourth-order valence-corrected chi connectivity index (χ4v) is 6.04. The Hall–Kier alpha value is -3.08. The zero-order valence-corrected chi connectivity index (χ0v) is 25.8. The summed E-state index contributed by atoms with van der Waals surface area (Å²) in [5.74, 6) is 2.11. The molecular formula is C32H37F6N3OS. The van der Waals surface area contributed by atoms with Crippen LogP contribution >= 0.6 is 11.8 Å². The lowest BCUT2D eigenvalue weighted by molar-refractivity contribution is -0.143. The summed E-state index contributed by atoms with van der Waals surface area (Å²) in [7, 11) is 0. The minimum absolute atomic E-state index is 0.118. The predicted molar refractivity (Wildman–Crippen MR) is 162 cm³/mol. The van der Waals surface area contributed by atoms with Crippen molar-refractivity contribution in [1.82, 2.24) is 9.78 Å². The van der Waals surface area contributed by atoms with Gasteiger partial charge in [0.15, 0.2) is 0 Å². The second-order valence-electron chi connectivity index (χ2n) is 10.5. The Bertz CT molecular complexity index is 1470. The van der Waals surface area contributed by atoms with Gasteiger partial charge in [0.2, 0.25) is 0 Å². The van der Waals surface area contributed by atoms with Crippen molar-refractivity contribution >= 4 is 39.7 Å². The maximum Gasteiger partial charge on any atom is 0.416 e. The topological polar surface area (TPSA) is 47.2 Å². The highest BCUT2D eigenvalue weighted by molar-refractivity contribution is 8.18. The zero-order chi connectivity index (χ0) is 31.9. The summed E-state index contributed by atoms with van der Waals surface area (Å²) in [4.78, 5) is 15.9. The molecule has 0 spiro atoms. The molecule has 1 amide bonds. The lowest BCUT2D eigenvalue weighted by Crippen LogP contribution is -2.15. The Morgan fingerprint density at radius 1 is 1.02 bits per heavy atom. The highest BCUT2D eigenvalue weighted by Gasteiger charge is 2.38. The molecule has 43 heavy (non-hydrogen) atoms. The van der Waals surface area contributed by atoms with E-state index in [-0.39, 0.29) is 23.4 Å². The number of rotatable bonds is 5. The van der Waals surface area contributed by atoms with Crippen LogP contribution in [0.25, 0.3) is 17.0 Å². The van der Waals surface area contributed by atoms with E-state index >= 15 is 0 Å². The molecule has 0 N–H and O–H groups in total. The molecule has 3 aromatic rings. The van der Waals surface area contributed by atoms with E-state index in [4.69, 9.17) is 0 Å². The molecule has 2 unspecified atom stereocenters. The van der Waals surface area contributed by atoms with E-state index in [0.717, 1.165) is 35.2 Å². The van der Waals surface area contributed by atoms with E-state index in [1.807, 2.05) is 13.8 Å². The van der Waals surface area contributed by atoms with Gasteiger partial charge in [-0.05, 0) is 72.0 Å². The smallest absolute Gasteiger partial charge is 0.267 e. The molecule has 234 valence electrons. The number of halogens is 6. The number of aromatic nitrogens is 2. The first-order chi connectivity index (χ1) is 20.2. The number of nitrogens with zero attached hydrogens (tertiary/aromatic N) is 3. The van der Waals surface area contributed by atoms with Gasteiger partial charge in [0.25, 0.3) is 0 Å². The fourth-order valence-electron chi connectivity index (χ4n) is 5.29. The average Bonchev–Trinajstić information content (AvgIpc) is 3.62. The van der Waals surface area contributed by atoms with Crippen molar-refractivity contribution in [2.45, 2.75) is 85.6 Å². The van der Waals surface area contributed by atoms with Crippen molar-refractivity contribution in [3.8, 4) is 0 Å². The van der Waals surface area contributed by atoms with Gasteiger partial charge in [-0.25, -0.2) is 4.99 Å². The number of hydrogen-bond acceptors (Lipinski definition) is 3. The van der Waals surface area contributed by atoms with Crippen LogP contribution in [0.5, 0.6) is 0 Å². The average molecular weight is 626 g/mol. The van der Waals surface area contributed by atoms with Crippen LogP contribution in [-0.4, -0.2) is 20.7 Å². The number of thioether (sulfide) groups is 1. The molecule has 1 saturated carbocycles. The predicted octanol–water partition coefficient (Wildman–Crippen LogP) is 11.0. The Kier molecular flexibility index (Phi) is 11.7. The van der Waals surface area contributed by atoms with Gasteiger partial charge in [0.1, 0.15) is 0 Å². The molecule has 0 bridgehead atoms. The van der Waals surface area contributed by atoms with E-state index < -0.39 is 23.5 Å². The molecule has 1 aromatic heterocycles. The minimum atomic E-state index is -4.95. The summed E-state index contributed by atoms with van der Waals surface area (Å²) in [5, 5.41) is 4.55. The van der Waals surface area contributed by atoms with E-state index in [1.54, 1.807) is 31.2 Å². The lowest BCUT2D eigenvalue weighted by Gasteiger charge is -2.16. The Labute approximate surface area is 252 Å². The van der Waals surface area contributed by atoms with Crippen LogP contribution in [0.1, 0.15) is 89.0 Å². The SMILES string of the molecule is CC.CC1=NC(=O)S/C1=C\c1ccc2nn(Cc3ccc(C(F)(F)F)cc3C(F)(F)F)cc2c1.CCCC1CCCC1C. The molecular weight excluding hydrogens is 588 g/mol. The van der Waals surface area contributed by atoms with E-state index in [1.165, 1.54) is 43.0 Å². The number of carbonyl (C=O) groups is 1. The van der Waals surface area contributed by atoms with Crippen LogP contribution in [0.2, 0.25) is 0 Å². The van der Waals surface area contributed by atoms with Crippen molar-refractivity contribution in [2.24, 2.45) is 16.8 Å². The monoisotopic (exact) mass is 625 g/mol. The molecule has 2 aliphatic rings. The Morgan fingerprint density at radius 2 is 1.74 bits per heavy atom. The van der Waals surface area contributed by atoms with Gasteiger partial charge in [0, 0.05) is 16.5 Å². The van der Waals surface area contributed by atoms with Crippen LogP contribution in [0.4, 0.5) is 31.1 Å². The minimum Gasteiger partial charge on any atom is -0.267 e. The second kappa shape index (κ2) is 14.6. The third kappa shape index (κ3) is 9.20. The molecule has 1 aliphatic carbocycles. The number of carbonyl (C=O) groups excluding carboxylic acids is 1. The van der Waals surface area contributed by atoms with Gasteiger partial charge >= 0.3 is 17.6 Å². The fraction of sp³-hybridized carbons (Fsp3) is 0.469. The highest BCUT2D eigenvalue weighted by Crippen LogP contribution is 2.38. The number of amides is 1. The first-order valence-electron chi connectivity index (χ1n) is 14.5. The van der Waals surface area contributed by atoms with Gasteiger partial charge in [0.05, 0.1) is 28.9 Å². The third-order valence-corrected chi connectivity index (χ3v) is 8.36. The first kappa shape index (κ1) is 34.4. The zero-order valence-electron chi connectivity index (χ0n) is 24.9. The van der Waals surface area contributed by atoms with E-state index in [2.05, 4.69) is 23.9 Å². The van der Waals surface area contributed by atoms with Crippen molar-refractivity contribution in [3.05, 3.63) is 69.8 Å². The molecule has 0 radical (unpaired) electrons. The number of fused-ring (bicyclic) bond motifs is 1. The molecule has 1 aliphatic heterocycles. The highest BCUT2D eigenvalue weighted by atomic mass is 32.2. The maximum atomic E-state index is 13.4. The summed E-state index contributed by atoms with van der Waals surface area (Å²) in [6, 6.07) is 6.73. The van der Waals surface area contributed by atoms with E-state index in [9.17, 15) is 31.1 Å². The van der Waals surface area contributed by atoms with Gasteiger partial charge in [-0.2, -0.15) is 31.4 Å². The number of alkyl halides is 6. The Balaban J connectivity index is 0.000000390. The van der Waals surface area contributed by atoms with Crippen molar-refractivity contribution in [3.63, 3.8) is 0 Å². The first-order valence-corrected chi connectivity index (χ1v) is 15.3. The number of hydrogen-bond donors (Lipinski definition) is 0. The molecule has 5 rings (SSSR count). The van der Waals surface area contributed by atoms with Gasteiger partial charge in [-0.3, -0.25) is 9.48 Å². The van der Waals surface area contributed by atoms with Crippen molar-refractivity contribution in [2.75, 3.05) is 0 Å². The van der Waals surface area contributed by atoms with Gasteiger partial charge in [-0.15, -0.1) is 0 Å². The maximum absolute atomic E-state index is 13.4. The Morgan fingerprint density at radius 3 is 2.30 bits per heavy atom. The van der Waals surface area contributed by atoms with E-state index in [0.29, 0.717) is 27.6 Å². The number of aliphatic imine (C=N–C) groups is 1. The van der Waals surface area contributed by atoms with Crippen LogP contribution in [0.3, 0.4) is 0 Å². The van der Waals surface area contributed by atoms with Crippen molar-refractivity contribution in [1.29, 1.82) is 0 Å². The normalized spacial score (nSPS) is 19.7. The van der Waals surface area contributed by atoms with Crippen LogP contribution in [-0.2, 0) is 18.9 Å². The molecule has 2 aromatic carbocycles. The summed E-state index contributed by atoms with van der Waals surface area (Å²) in [5.41, 5.74) is -1.19. The second-order valence-corrected chi connectivity index (χ2v) is 11.5. The van der Waals surface area contributed by atoms with Crippen LogP contribution in [0.15, 0.2) is 52.5 Å². The molecule has 11 heteroatoms. The molecule has 2 heterocycles. The summed E-state index contributed by atoms with van der Waals surface area (Å²) >= 11 is 0.999. The summed E-state index contributed by atoms with van der Waals surface area (Å²) in [6.45, 7) is 10.1. The van der Waals surface area contributed by atoms with Crippen LogP contribution < -0.4 is 0 Å². The lowest BCUT2D eigenvalue weighted by atomic mass is 9.94. The largest absolute Gasteiger partial charge is 0.416 e. The standard InChI is InChI=1S/C21H13F6N3OS.C9H18.C2H6/c1-11-18(32-19(31)28-11)7-12-2-5-17-14(6-12)10-30(29-17)9-13-3-4-15(20(22,23)24)8-16(13)21(25,26)27;1-3-5-9-7-4-6-8(9)2;1-2/h2-8,10H,9H2,1H3;8-9H,3-7H2,1-2H3;1-2H3/b18-7-;;. The van der Waals surface area contributed by atoms with Gasteiger partial charge in [-0.1, -0.05) is 71.9 Å². The molecule has 4 nitrogen and oxygen atoms in total. The molecule has 2 atom stereocenters. The summed E-state index contributed by atoms with van der Waals surface area (Å²) in [6.07, 6.45) is 0.807. The quantitative estimate of drug-likeness (QED) is 0.265. The summed E-state index contributed by atoms with van der Waals surface area (Å²) < 4.78 is 80.0. The number of benzene rings is 2. The van der Waals surface area contributed by atoms with Crippen LogP contribution in [0, 0.1) is 11.8 Å². The molecule has 0 saturated heterocycles. The third-order valence-electron chi connectivity index (χ3n) is 7.46. The van der Waals surface area contributed by atoms with Gasteiger partial charge < -0.3 is 0 Å². The molecule has 1 fully saturated rings.